The third-order valence-electron chi connectivity index (χ3n) is 2.15. The number of nitrogens with two attached hydrogens (primary N) is 1. The first kappa shape index (κ1) is 15.7. The van der Waals surface area contributed by atoms with Gasteiger partial charge in [0.05, 0.1) is 9.96 Å². The molecule has 1 rings (SSSR count). The number of hydrogen-bond donors (Lipinski definition) is 2. The van der Waals surface area contributed by atoms with Gasteiger partial charge in [0.25, 0.3) is 0 Å². The quantitative estimate of drug-likeness (QED) is 0.251. The molecule has 0 aliphatic heterocycles. The van der Waals surface area contributed by atoms with Crippen molar-refractivity contribution in [2.24, 2.45) is 5.73 Å². The van der Waals surface area contributed by atoms with Crippen molar-refractivity contribution in [3.63, 3.8) is 0 Å². The van der Waals surface area contributed by atoms with Gasteiger partial charge in [-0.3, -0.25) is 5.21 Å². The second-order valence-electron chi connectivity index (χ2n) is 3.66. The zero-order chi connectivity index (χ0) is 13.4. The lowest BCUT2D eigenvalue weighted by molar-refractivity contribution is 0.0578. The average Bonchev–Trinajstić information content (AvgIpc) is 2.79. The fourth-order valence-corrected chi connectivity index (χ4v) is 4.14. The predicted molar refractivity (Wildman–Crippen MR) is 79.1 cm³/mol. The Balaban J connectivity index is 2.27. The van der Waals surface area contributed by atoms with Gasteiger partial charge in [0.2, 0.25) is 0 Å². The minimum atomic E-state index is -0.842. The van der Waals surface area contributed by atoms with Gasteiger partial charge < -0.3 is 5.73 Å². The molecule has 1 heterocycles. The van der Waals surface area contributed by atoms with E-state index in [1.54, 1.807) is 11.3 Å². The van der Waals surface area contributed by atoms with Crippen LogP contribution in [0.4, 0.5) is 4.79 Å². The first-order valence-electron chi connectivity index (χ1n) is 5.76. The summed E-state index contributed by atoms with van der Waals surface area (Å²) in [5, 5.41) is 9.12. The highest BCUT2D eigenvalue weighted by Crippen LogP contribution is 2.30. The van der Waals surface area contributed by atoms with Gasteiger partial charge in [-0.25, -0.2) is 4.79 Å². The fourth-order valence-electron chi connectivity index (χ4n) is 1.23. The predicted octanol–water partition coefficient (Wildman–Crippen LogP) is 3.95. The van der Waals surface area contributed by atoms with Crippen molar-refractivity contribution >= 4 is 41.1 Å². The van der Waals surface area contributed by atoms with E-state index in [9.17, 15) is 4.79 Å². The Kier molecular flexibility index (Phi) is 7.57. The summed E-state index contributed by atoms with van der Waals surface area (Å²) in [6.07, 6.45) is 3.76. The van der Waals surface area contributed by atoms with Gasteiger partial charge in [-0.1, -0.05) is 19.8 Å². The molecule has 0 fully saturated rings. The van der Waals surface area contributed by atoms with Gasteiger partial charge in [-0.15, -0.1) is 27.6 Å². The maximum absolute atomic E-state index is 10.6. The molecule has 0 aliphatic carbocycles. The normalized spacial score (nSPS) is 10.6. The number of hydroxylamine groups is 1. The van der Waals surface area contributed by atoms with Gasteiger partial charge in [-0.2, -0.15) is 0 Å². The smallest absolute Gasteiger partial charge is 0.349 e. The van der Waals surface area contributed by atoms with E-state index in [1.165, 1.54) is 23.5 Å². The summed E-state index contributed by atoms with van der Waals surface area (Å²) in [5.74, 6) is 1.70. The lowest BCUT2D eigenvalue weighted by Gasteiger charge is -2.08. The standard InChI is InChI=1S/C11H18N2O2S3/c1-2-3-4-7-16-10-6-5-9(18-10)8-17-13(15)11(12)14/h5-6,15H,2-4,7-8H2,1H3,(H2,12,14). The van der Waals surface area contributed by atoms with Crippen LogP contribution >= 0.6 is 35.0 Å². The van der Waals surface area contributed by atoms with Crippen LogP contribution in [0.25, 0.3) is 0 Å². The molecule has 0 bridgehead atoms. The van der Waals surface area contributed by atoms with Crippen molar-refractivity contribution in [3.05, 3.63) is 17.0 Å². The summed E-state index contributed by atoms with van der Waals surface area (Å²) >= 11 is 4.56. The molecule has 18 heavy (non-hydrogen) atoms. The summed E-state index contributed by atoms with van der Waals surface area (Å²) in [4.78, 5) is 11.7. The summed E-state index contributed by atoms with van der Waals surface area (Å²) in [5.41, 5.74) is 4.91. The molecule has 0 saturated heterocycles. The van der Waals surface area contributed by atoms with Gasteiger partial charge in [0.1, 0.15) is 0 Å². The zero-order valence-corrected chi connectivity index (χ0v) is 12.7. The number of carbonyl (C=O) groups is 1. The molecule has 2 amide bonds. The fraction of sp³-hybridized carbons (Fsp3) is 0.545. The molecular weight excluding hydrogens is 288 g/mol. The van der Waals surface area contributed by atoms with E-state index >= 15 is 0 Å². The molecule has 0 saturated carbocycles. The Labute approximate surface area is 120 Å². The Hall–Kier alpha value is -0.370. The topological polar surface area (TPSA) is 66.6 Å². The molecule has 102 valence electrons. The molecule has 0 aliphatic rings. The highest BCUT2D eigenvalue weighted by molar-refractivity contribution is 8.01. The maximum atomic E-state index is 10.6. The summed E-state index contributed by atoms with van der Waals surface area (Å²) in [6.45, 7) is 2.20. The summed E-state index contributed by atoms with van der Waals surface area (Å²) in [6, 6.07) is 3.27. The van der Waals surface area contributed by atoms with Crippen LogP contribution in [0.5, 0.6) is 0 Å². The van der Waals surface area contributed by atoms with Crippen molar-refractivity contribution < 1.29 is 10.0 Å². The third-order valence-corrected chi connectivity index (χ3v) is 5.59. The first-order chi connectivity index (χ1) is 8.63. The van der Waals surface area contributed by atoms with Crippen molar-refractivity contribution in [1.82, 2.24) is 4.47 Å². The molecule has 1 aromatic heterocycles. The molecular formula is C11H18N2O2S3. The van der Waals surface area contributed by atoms with E-state index in [-0.39, 0.29) is 0 Å². The van der Waals surface area contributed by atoms with E-state index in [0.717, 1.165) is 22.6 Å². The monoisotopic (exact) mass is 306 g/mol. The largest absolute Gasteiger partial charge is 0.349 e. The van der Waals surface area contributed by atoms with Crippen molar-refractivity contribution in [2.45, 2.75) is 36.1 Å². The number of carbonyl (C=O) groups excluding carboxylic acids is 1. The van der Waals surface area contributed by atoms with Crippen LogP contribution in [-0.2, 0) is 5.75 Å². The molecule has 4 nitrogen and oxygen atoms in total. The van der Waals surface area contributed by atoms with E-state index in [4.69, 9.17) is 10.9 Å². The number of urea groups is 1. The van der Waals surface area contributed by atoms with Crippen LogP contribution in [0.1, 0.15) is 31.1 Å². The van der Waals surface area contributed by atoms with E-state index < -0.39 is 6.03 Å². The lowest BCUT2D eigenvalue weighted by Crippen LogP contribution is -2.26. The van der Waals surface area contributed by atoms with Crippen LogP contribution in [-0.4, -0.2) is 21.5 Å². The Morgan fingerprint density at radius 3 is 2.94 bits per heavy atom. The second-order valence-corrected chi connectivity index (χ2v) is 7.12. The van der Waals surface area contributed by atoms with Crippen LogP contribution in [0.2, 0.25) is 0 Å². The van der Waals surface area contributed by atoms with E-state index in [2.05, 4.69) is 13.0 Å². The van der Waals surface area contributed by atoms with Crippen molar-refractivity contribution in [3.8, 4) is 0 Å². The van der Waals surface area contributed by atoms with Gasteiger partial charge in [-0.05, 0) is 36.3 Å². The van der Waals surface area contributed by atoms with Crippen LogP contribution in [0.3, 0.4) is 0 Å². The first-order valence-corrected chi connectivity index (χ1v) is 8.50. The van der Waals surface area contributed by atoms with Crippen molar-refractivity contribution in [2.75, 3.05) is 5.75 Å². The van der Waals surface area contributed by atoms with E-state index in [1.807, 2.05) is 17.8 Å². The second kappa shape index (κ2) is 8.68. The number of nitrogens with zero attached hydrogens (tertiary/aromatic N) is 1. The minimum absolute atomic E-state index is 0.466. The number of hydrogen-bond acceptors (Lipinski definition) is 5. The third kappa shape index (κ3) is 5.99. The number of thiophene rings is 1. The number of unbranched alkanes of at least 4 members (excludes halogenated alkanes) is 2. The van der Waals surface area contributed by atoms with E-state index in [0.29, 0.717) is 10.2 Å². The summed E-state index contributed by atoms with van der Waals surface area (Å²) < 4.78 is 1.75. The lowest BCUT2D eigenvalue weighted by atomic mass is 10.3. The molecule has 3 N–H and O–H groups in total. The Morgan fingerprint density at radius 1 is 1.50 bits per heavy atom. The molecule has 0 spiro atoms. The average molecular weight is 306 g/mol. The minimum Gasteiger partial charge on any atom is -0.349 e. The number of thioether (sulfide) groups is 1. The SMILES string of the molecule is CCCCCSc1ccc(CSN(O)C(N)=O)s1. The van der Waals surface area contributed by atoms with Crippen LogP contribution in [0, 0.1) is 0 Å². The number of rotatable bonds is 8. The highest BCUT2D eigenvalue weighted by Gasteiger charge is 2.08. The molecule has 0 atom stereocenters. The Bertz CT molecular complexity index is 371. The van der Waals surface area contributed by atoms with Gasteiger partial charge in [0, 0.05) is 4.88 Å². The highest BCUT2D eigenvalue weighted by atomic mass is 32.2. The van der Waals surface area contributed by atoms with Gasteiger partial charge in [0.15, 0.2) is 0 Å². The molecule has 0 aromatic carbocycles. The molecule has 1 aromatic rings. The van der Waals surface area contributed by atoms with Crippen LogP contribution < -0.4 is 5.73 Å². The number of primary amides is 1. The molecule has 0 unspecified atom stereocenters. The Morgan fingerprint density at radius 2 is 2.28 bits per heavy atom. The summed E-state index contributed by atoms with van der Waals surface area (Å²) in [7, 11) is 0. The zero-order valence-electron chi connectivity index (χ0n) is 10.3. The molecule has 7 heteroatoms. The molecule has 0 radical (unpaired) electrons. The van der Waals surface area contributed by atoms with Crippen molar-refractivity contribution in [1.29, 1.82) is 0 Å². The maximum Gasteiger partial charge on any atom is 0.349 e. The van der Waals surface area contributed by atoms with Crippen LogP contribution in [0.15, 0.2) is 16.3 Å². The number of amides is 2. The van der Waals surface area contributed by atoms with Gasteiger partial charge >= 0.3 is 6.03 Å².